The van der Waals surface area contributed by atoms with Crippen LogP contribution in [0.25, 0.3) is 0 Å². The van der Waals surface area contributed by atoms with E-state index >= 15 is 0 Å². The van der Waals surface area contributed by atoms with Gasteiger partial charge in [0.05, 0.1) is 12.5 Å². The summed E-state index contributed by atoms with van der Waals surface area (Å²) in [6, 6.07) is 0. The Morgan fingerprint density at radius 3 is 2.29 bits per heavy atom. The van der Waals surface area contributed by atoms with Gasteiger partial charge in [-0.05, 0) is 32.1 Å². The molecule has 24 heavy (non-hydrogen) atoms. The van der Waals surface area contributed by atoms with Crippen molar-refractivity contribution in [3.63, 3.8) is 0 Å². The second kappa shape index (κ2) is 15.0. The largest absolute Gasteiger partial charge is 1.00 e. The van der Waals surface area contributed by atoms with Crippen molar-refractivity contribution in [2.45, 2.75) is 77.6 Å². The smallest absolute Gasteiger partial charge is 0.550 e. The van der Waals surface area contributed by atoms with Crippen LogP contribution in [0, 0.1) is 11.8 Å². The van der Waals surface area contributed by atoms with E-state index in [1.807, 2.05) is 6.08 Å². The van der Waals surface area contributed by atoms with Crippen LogP contribution in [0.15, 0.2) is 12.2 Å². The summed E-state index contributed by atoms with van der Waals surface area (Å²) in [6.45, 7) is 2.55. The van der Waals surface area contributed by atoms with E-state index in [4.69, 9.17) is 4.74 Å². The molecule has 1 aliphatic rings. The normalized spacial score (nSPS) is 20.5. The molecule has 1 aliphatic carbocycles. The van der Waals surface area contributed by atoms with Crippen LogP contribution >= 0.6 is 0 Å². The van der Waals surface area contributed by atoms with Crippen LogP contribution in [-0.4, -0.2) is 18.5 Å². The quantitative estimate of drug-likeness (QED) is 0.235. The van der Waals surface area contributed by atoms with Gasteiger partial charge in [-0.25, -0.2) is 0 Å². The SMILES string of the molecule is CCCCCCC/C=C/CCOC(=O)C1CCCCC1C(=O)[O-].[Na+]. The zero-order chi connectivity index (χ0) is 16.9. The number of aliphatic carboxylic acids is 1. The monoisotopic (exact) mass is 346 g/mol. The van der Waals surface area contributed by atoms with Gasteiger partial charge >= 0.3 is 35.5 Å². The van der Waals surface area contributed by atoms with Crippen LogP contribution in [0.3, 0.4) is 0 Å². The number of allylic oxidation sites excluding steroid dienone is 1. The number of hydrogen-bond acceptors (Lipinski definition) is 4. The summed E-state index contributed by atoms with van der Waals surface area (Å²) in [7, 11) is 0. The Hall–Kier alpha value is -0.320. The summed E-state index contributed by atoms with van der Waals surface area (Å²) in [5.74, 6) is -2.67. The molecule has 0 bridgehead atoms. The molecule has 0 radical (unpaired) electrons. The number of carboxylic acids is 1. The molecule has 1 saturated carbocycles. The zero-order valence-electron chi connectivity index (χ0n) is 15.4. The van der Waals surface area contributed by atoms with E-state index in [2.05, 4.69) is 13.0 Å². The molecular formula is C19H31NaO4. The fourth-order valence-corrected chi connectivity index (χ4v) is 3.13. The molecule has 0 amide bonds. The fraction of sp³-hybridized carbons (Fsp3) is 0.789. The van der Waals surface area contributed by atoms with E-state index in [-0.39, 0.29) is 35.5 Å². The zero-order valence-corrected chi connectivity index (χ0v) is 17.4. The topological polar surface area (TPSA) is 66.4 Å². The first-order valence-corrected chi connectivity index (χ1v) is 9.19. The van der Waals surface area contributed by atoms with Gasteiger partial charge in [-0.3, -0.25) is 4.79 Å². The van der Waals surface area contributed by atoms with Crippen molar-refractivity contribution in [3.05, 3.63) is 12.2 Å². The van der Waals surface area contributed by atoms with Crippen LogP contribution in [0.1, 0.15) is 77.6 Å². The molecule has 0 aromatic rings. The first-order valence-electron chi connectivity index (χ1n) is 9.19. The number of ether oxygens (including phenoxy) is 1. The molecule has 1 fully saturated rings. The third kappa shape index (κ3) is 9.85. The van der Waals surface area contributed by atoms with Crippen LogP contribution < -0.4 is 34.7 Å². The average Bonchev–Trinajstić information content (AvgIpc) is 2.56. The first-order chi connectivity index (χ1) is 11.2. The Labute approximate surface area is 168 Å². The van der Waals surface area contributed by atoms with Gasteiger partial charge in [-0.2, -0.15) is 0 Å². The predicted molar refractivity (Wildman–Crippen MR) is 88.5 cm³/mol. The maximum atomic E-state index is 12.0. The molecular weight excluding hydrogens is 315 g/mol. The van der Waals surface area contributed by atoms with Crippen molar-refractivity contribution >= 4 is 11.9 Å². The third-order valence-electron chi connectivity index (χ3n) is 4.54. The number of carbonyl (C=O) groups excluding carboxylic acids is 2. The minimum absolute atomic E-state index is 0. The van der Waals surface area contributed by atoms with Gasteiger partial charge in [-0.15, -0.1) is 0 Å². The summed E-state index contributed by atoms with van der Waals surface area (Å²) >= 11 is 0. The summed E-state index contributed by atoms with van der Waals surface area (Å²) in [5, 5.41) is 11.1. The summed E-state index contributed by atoms with van der Waals surface area (Å²) in [5.41, 5.74) is 0. The molecule has 5 heteroatoms. The van der Waals surface area contributed by atoms with Crippen molar-refractivity contribution in [1.29, 1.82) is 0 Å². The Morgan fingerprint density at radius 2 is 1.62 bits per heavy atom. The van der Waals surface area contributed by atoms with E-state index in [1.54, 1.807) is 0 Å². The van der Waals surface area contributed by atoms with Crippen LogP contribution in [0.2, 0.25) is 0 Å². The Morgan fingerprint density at radius 1 is 1.00 bits per heavy atom. The van der Waals surface area contributed by atoms with E-state index in [1.165, 1.54) is 32.1 Å². The minimum atomic E-state index is -1.12. The summed E-state index contributed by atoms with van der Waals surface area (Å²) in [6.07, 6.45) is 15.2. The maximum Gasteiger partial charge on any atom is 1.00 e. The van der Waals surface area contributed by atoms with E-state index in [9.17, 15) is 14.7 Å². The minimum Gasteiger partial charge on any atom is -0.550 e. The average molecular weight is 346 g/mol. The van der Waals surface area contributed by atoms with Gasteiger partial charge in [0.25, 0.3) is 0 Å². The van der Waals surface area contributed by atoms with E-state index in [0.29, 0.717) is 25.9 Å². The molecule has 4 nitrogen and oxygen atoms in total. The van der Waals surface area contributed by atoms with Crippen molar-refractivity contribution in [2.24, 2.45) is 11.8 Å². The van der Waals surface area contributed by atoms with Gasteiger partial charge in [0.15, 0.2) is 0 Å². The van der Waals surface area contributed by atoms with Crippen LogP contribution in [0.4, 0.5) is 0 Å². The van der Waals surface area contributed by atoms with Crippen molar-refractivity contribution in [3.8, 4) is 0 Å². The summed E-state index contributed by atoms with van der Waals surface area (Å²) in [4.78, 5) is 23.1. The van der Waals surface area contributed by atoms with Crippen LogP contribution in [-0.2, 0) is 14.3 Å². The molecule has 2 atom stereocenters. The second-order valence-electron chi connectivity index (χ2n) is 6.45. The third-order valence-corrected chi connectivity index (χ3v) is 4.54. The Kier molecular flexibility index (Phi) is 14.8. The standard InChI is InChI=1S/C19H32O4.Na/c1-2-3-4-5-6-7-8-9-12-15-23-19(22)17-14-11-10-13-16(17)18(20)21;/h8-9,16-17H,2-7,10-15H2,1H3,(H,20,21);/q;+1/p-1/b9-8+;. The number of hydrogen-bond donors (Lipinski definition) is 0. The second-order valence-corrected chi connectivity index (χ2v) is 6.45. The Bertz CT molecular complexity index is 382. The molecule has 132 valence electrons. The number of carboxylic acid groups (broad SMARTS) is 1. The molecule has 0 heterocycles. The predicted octanol–water partition coefficient (Wildman–Crippen LogP) is 0.397. The number of carbonyl (C=O) groups is 2. The van der Waals surface area contributed by atoms with Crippen molar-refractivity contribution in [1.82, 2.24) is 0 Å². The van der Waals surface area contributed by atoms with Crippen molar-refractivity contribution in [2.75, 3.05) is 6.61 Å². The molecule has 0 aliphatic heterocycles. The molecule has 0 aromatic carbocycles. The number of esters is 1. The van der Waals surface area contributed by atoms with Crippen LogP contribution in [0.5, 0.6) is 0 Å². The maximum absolute atomic E-state index is 12.0. The van der Waals surface area contributed by atoms with Gasteiger partial charge in [0, 0.05) is 11.9 Å². The Balaban J connectivity index is 0.00000529. The van der Waals surface area contributed by atoms with E-state index < -0.39 is 17.8 Å². The molecule has 0 saturated heterocycles. The molecule has 0 N–H and O–H groups in total. The molecule has 0 aromatic heterocycles. The van der Waals surface area contributed by atoms with Gasteiger partial charge in [0.1, 0.15) is 0 Å². The number of unbranched alkanes of at least 4 members (excludes halogenated alkanes) is 5. The number of rotatable bonds is 11. The van der Waals surface area contributed by atoms with Gasteiger partial charge in [0.2, 0.25) is 0 Å². The van der Waals surface area contributed by atoms with Gasteiger partial charge in [-0.1, -0.05) is 57.6 Å². The molecule has 2 unspecified atom stereocenters. The van der Waals surface area contributed by atoms with E-state index in [0.717, 1.165) is 19.3 Å². The van der Waals surface area contributed by atoms with Crippen molar-refractivity contribution < 1.29 is 49.0 Å². The molecule has 1 rings (SSSR count). The molecule has 0 spiro atoms. The van der Waals surface area contributed by atoms with Gasteiger partial charge < -0.3 is 14.6 Å². The summed E-state index contributed by atoms with van der Waals surface area (Å²) < 4.78 is 5.24. The first kappa shape index (κ1) is 23.7. The fourth-order valence-electron chi connectivity index (χ4n) is 3.13.